The van der Waals surface area contributed by atoms with E-state index in [1.54, 1.807) is 24.3 Å². The summed E-state index contributed by atoms with van der Waals surface area (Å²) >= 11 is 0. The zero-order valence-corrected chi connectivity index (χ0v) is 15.3. The maximum Gasteiger partial charge on any atom is 0.233 e. The van der Waals surface area contributed by atoms with Gasteiger partial charge in [0.2, 0.25) is 17.8 Å². The van der Waals surface area contributed by atoms with E-state index in [1.807, 2.05) is 38.1 Å². The Labute approximate surface area is 158 Å². The molecular weight excluding hydrogens is 340 g/mol. The number of para-hydroxylation sites is 1. The average molecular weight is 362 g/mol. The van der Waals surface area contributed by atoms with E-state index in [1.165, 1.54) is 0 Å². The van der Waals surface area contributed by atoms with Crippen molar-refractivity contribution in [1.82, 2.24) is 15.0 Å². The molecule has 0 saturated heterocycles. The van der Waals surface area contributed by atoms with Crippen LogP contribution in [-0.4, -0.2) is 15.0 Å². The monoisotopic (exact) mass is 362 g/mol. The van der Waals surface area contributed by atoms with Crippen LogP contribution in [0.15, 0.2) is 48.5 Å². The summed E-state index contributed by atoms with van der Waals surface area (Å²) in [7, 11) is 0. The minimum absolute atomic E-state index is 0.0823. The average Bonchev–Trinajstić information content (AvgIpc) is 2.70. The molecule has 0 aliphatic heterocycles. The van der Waals surface area contributed by atoms with Gasteiger partial charge in [0, 0.05) is 17.9 Å². The highest BCUT2D eigenvalue weighted by Gasteiger charge is 2.07. The van der Waals surface area contributed by atoms with Crippen LogP contribution in [0.25, 0.3) is 0 Å². The van der Waals surface area contributed by atoms with Crippen molar-refractivity contribution in [3.05, 3.63) is 59.7 Å². The van der Waals surface area contributed by atoms with Crippen LogP contribution in [0.3, 0.4) is 0 Å². The predicted octanol–water partition coefficient (Wildman–Crippen LogP) is 3.30. The van der Waals surface area contributed by atoms with E-state index in [-0.39, 0.29) is 5.95 Å². The van der Waals surface area contributed by atoms with Crippen molar-refractivity contribution in [3.8, 4) is 6.07 Å². The zero-order valence-electron chi connectivity index (χ0n) is 15.3. The molecule has 0 saturated carbocycles. The molecule has 0 radical (unpaired) electrons. The molecule has 0 aliphatic carbocycles. The van der Waals surface area contributed by atoms with Gasteiger partial charge in [0.25, 0.3) is 0 Å². The number of aromatic nitrogens is 3. The molecule has 0 unspecified atom stereocenters. The SMILES string of the molecule is CC.N#Cc1ccc(Nc2nc(N)nc(Nc3ccccc3CN)n2)cc1. The van der Waals surface area contributed by atoms with E-state index in [0.29, 0.717) is 24.0 Å². The van der Waals surface area contributed by atoms with Crippen LogP contribution in [0.2, 0.25) is 0 Å². The topological polar surface area (TPSA) is 139 Å². The Bertz CT molecular complexity index is 916. The van der Waals surface area contributed by atoms with Crippen molar-refractivity contribution >= 4 is 29.2 Å². The van der Waals surface area contributed by atoms with Gasteiger partial charge < -0.3 is 22.1 Å². The molecule has 27 heavy (non-hydrogen) atoms. The molecule has 8 nitrogen and oxygen atoms in total. The van der Waals surface area contributed by atoms with Crippen molar-refractivity contribution in [2.45, 2.75) is 20.4 Å². The fourth-order valence-corrected chi connectivity index (χ4v) is 2.20. The molecule has 0 bridgehead atoms. The lowest BCUT2D eigenvalue weighted by molar-refractivity contribution is 1.05. The lowest BCUT2D eigenvalue weighted by Crippen LogP contribution is -2.08. The van der Waals surface area contributed by atoms with Gasteiger partial charge in [-0.3, -0.25) is 0 Å². The molecule has 2 aromatic carbocycles. The molecule has 1 aromatic heterocycles. The normalized spacial score (nSPS) is 9.56. The van der Waals surface area contributed by atoms with Gasteiger partial charge in [0.15, 0.2) is 0 Å². The second-order valence-electron chi connectivity index (χ2n) is 5.14. The third kappa shape index (κ3) is 5.39. The quantitative estimate of drug-likeness (QED) is 0.542. The number of nitriles is 1. The lowest BCUT2D eigenvalue weighted by atomic mass is 10.2. The second-order valence-corrected chi connectivity index (χ2v) is 5.14. The number of benzene rings is 2. The van der Waals surface area contributed by atoms with Gasteiger partial charge in [-0.2, -0.15) is 20.2 Å². The Morgan fingerprint density at radius 3 is 2.19 bits per heavy atom. The van der Waals surface area contributed by atoms with Crippen LogP contribution in [0.1, 0.15) is 25.0 Å². The molecule has 0 aliphatic rings. The summed E-state index contributed by atoms with van der Waals surface area (Å²) in [6.07, 6.45) is 0. The van der Waals surface area contributed by atoms with E-state index in [2.05, 4.69) is 31.7 Å². The number of nitrogens with two attached hydrogens (primary N) is 2. The van der Waals surface area contributed by atoms with Gasteiger partial charge in [-0.15, -0.1) is 0 Å². The fraction of sp³-hybridized carbons (Fsp3) is 0.158. The van der Waals surface area contributed by atoms with Crippen LogP contribution >= 0.6 is 0 Å². The number of hydrogen-bond donors (Lipinski definition) is 4. The molecule has 3 rings (SSSR count). The standard InChI is InChI=1S/C17H16N8.C2H6/c18-9-11-5-7-13(8-6-11)21-16-23-15(20)24-17(25-16)22-14-4-2-1-3-12(14)10-19;1-2/h1-8H,10,19H2,(H4,20,21,22,23,24,25);1-2H3. The third-order valence-corrected chi connectivity index (χ3v) is 3.41. The van der Waals surface area contributed by atoms with E-state index in [0.717, 1.165) is 16.9 Å². The number of nitrogen functional groups attached to an aromatic ring is 1. The zero-order chi connectivity index (χ0) is 19.6. The van der Waals surface area contributed by atoms with Crippen LogP contribution in [0, 0.1) is 11.3 Å². The van der Waals surface area contributed by atoms with Gasteiger partial charge in [0.1, 0.15) is 0 Å². The highest BCUT2D eigenvalue weighted by atomic mass is 15.2. The van der Waals surface area contributed by atoms with Crippen LogP contribution in [-0.2, 0) is 6.54 Å². The Morgan fingerprint density at radius 2 is 1.56 bits per heavy atom. The van der Waals surface area contributed by atoms with Crippen LogP contribution in [0.5, 0.6) is 0 Å². The Morgan fingerprint density at radius 1 is 0.926 bits per heavy atom. The molecule has 0 atom stereocenters. The summed E-state index contributed by atoms with van der Waals surface area (Å²) in [6.45, 7) is 4.39. The molecule has 0 fully saturated rings. The van der Waals surface area contributed by atoms with Crippen molar-refractivity contribution in [2.24, 2.45) is 5.73 Å². The Hall–Kier alpha value is -3.70. The number of nitrogens with one attached hydrogen (secondary N) is 2. The van der Waals surface area contributed by atoms with Gasteiger partial charge >= 0.3 is 0 Å². The first-order valence-corrected chi connectivity index (χ1v) is 8.51. The molecule has 138 valence electrons. The minimum atomic E-state index is 0.0823. The van der Waals surface area contributed by atoms with E-state index in [9.17, 15) is 0 Å². The van der Waals surface area contributed by atoms with Crippen LogP contribution < -0.4 is 22.1 Å². The summed E-state index contributed by atoms with van der Waals surface area (Å²) in [4.78, 5) is 12.5. The van der Waals surface area contributed by atoms with Gasteiger partial charge in [0.05, 0.1) is 11.6 Å². The smallest absolute Gasteiger partial charge is 0.233 e. The lowest BCUT2D eigenvalue weighted by Gasteiger charge is -2.11. The van der Waals surface area contributed by atoms with Gasteiger partial charge in [-0.05, 0) is 35.9 Å². The van der Waals surface area contributed by atoms with Gasteiger partial charge in [-0.1, -0.05) is 32.0 Å². The predicted molar refractivity (Wildman–Crippen MR) is 108 cm³/mol. The Kier molecular flexibility index (Phi) is 7.05. The maximum absolute atomic E-state index is 8.84. The van der Waals surface area contributed by atoms with Crippen molar-refractivity contribution in [3.63, 3.8) is 0 Å². The molecule has 0 amide bonds. The maximum atomic E-state index is 8.84. The summed E-state index contributed by atoms with van der Waals surface area (Å²) in [5, 5.41) is 15.0. The minimum Gasteiger partial charge on any atom is -0.368 e. The molecule has 3 aromatic rings. The molecular formula is C19H22N8. The van der Waals surface area contributed by atoms with Gasteiger partial charge in [-0.25, -0.2) is 0 Å². The summed E-state index contributed by atoms with van der Waals surface area (Å²) < 4.78 is 0. The first-order chi connectivity index (χ1) is 13.2. The summed E-state index contributed by atoms with van der Waals surface area (Å²) in [5.41, 5.74) is 14.6. The Balaban J connectivity index is 0.00000126. The summed E-state index contributed by atoms with van der Waals surface area (Å²) in [5.74, 6) is 0.688. The highest BCUT2D eigenvalue weighted by molar-refractivity contribution is 5.61. The number of rotatable bonds is 5. The first-order valence-electron chi connectivity index (χ1n) is 8.51. The second kappa shape index (κ2) is 9.70. The van der Waals surface area contributed by atoms with Crippen molar-refractivity contribution in [1.29, 1.82) is 5.26 Å². The van der Waals surface area contributed by atoms with Crippen LogP contribution in [0.4, 0.5) is 29.2 Å². The molecule has 6 N–H and O–H groups in total. The third-order valence-electron chi connectivity index (χ3n) is 3.41. The number of hydrogen-bond acceptors (Lipinski definition) is 8. The largest absolute Gasteiger partial charge is 0.368 e. The highest BCUT2D eigenvalue weighted by Crippen LogP contribution is 2.20. The number of nitrogens with zero attached hydrogens (tertiary/aromatic N) is 4. The first kappa shape index (κ1) is 19.6. The molecule has 8 heteroatoms. The van der Waals surface area contributed by atoms with E-state index < -0.39 is 0 Å². The van der Waals surface area contributed by atoms with E-state index in [4.69, 9.17) is 16.7 Å². The van der Waals surface area contributed by atoms with Crippen molar-refractivity contribution < 1.29 is 0 Å². The van der Waals surface area contributed by atoms with Crippen molar-refractivity contribution in [2.75, 3.05) is 16.4 Å². The summed E-state index contributed by atoms with van der Waals surface area (Å²) in [6, 6.07) is 16.6. The van der Waals surface area contributed by atoms with E-state index >= 15 is 0 Å². The number of anilines is 5. The fourth-order valence-electron chi connectivity index (χ4n) is 2.20. The molecule has 1 heterocycles. The molecule has 0 spiro atoms.